The van der Waals surface area contributed by atoms with Gasteiger partial charge in [-0.05, 0) is 30.3 Å². The second-order valence-corrected chi connectivity index (χ2v) is 4.11. The topological polar surface area (TPSA) is 64.8 Å². The Morgan fingerprint density at radius 2 is 1.90 bits per heavy atom. The van der Waals surface area contributed by atoms with Crippen molar-refractivity contribution in [1.82, 2.24) is 0 Å². The first-order valence-corrected chi connectivity index (χ1v) is 6.01. The van der Waals surface area contributed by atoms with E-state index in [9.17, 15) is 4.79 Å². The van der Waals surface area contributed by atoms with Crippen molar-refractivity contribution >= 4 is 23.5 Å². The van der Waals surface area contributed by atoms with Gasteiger partial charge in [-0.15, -0.1) is 0 Å². The van der Waals surface area contributed by atoms with E-state index in [1.165, 1.54) is 4.90 Å². The maximum atomic E-state index is 11.5. The second-order valence-electron chi connectivity index (χ2n) is 4.11. The molecule has 0 aliphatic heterocycles. The number of nitrogen functional groups attached to an aromatic ring is 1. The number of carbonyl (C=O) groups excluding carboxylic acids is 1. The summed E-state index contributed by atoms with van der Waals surface area (Å²) < 4.78 is 10.5. The normalized spacial score (nSPS) is 9.90. The summed E-state index contributed by atoms with van der Waals surface area (Å²) in [5.74, 6) is 1.21. The van der Waals surface area contributed by atoms with Crippen molar-refractivity contribution < 1.29 is 14.3 Å². The van der Waals surface area contributed by atoms with E-state index in [0.29, 0.717) is 35.0 Å². The molecule has 0 spiro atoms. The number of hydrogen-bond donors (Lipinski definition) is 1. The molecule has 0 saturated heterocycles. The lowest BCUT2D eigenvalue weighted by Crippen LogP contribution is -2.15. The number of benzene rings is 2. The van der Waals surface area contributed by atoms with Gasteiger partial charge in [-0.1, -0.05) is 6.07 Å². The fourth-order valence-corrected chi connectivity index (χ4v) is 1.92. The molecule has 0 aromatic heterocycles. The molecule has 2 N–H and O–H groups in total. The number of nitrogens with zero attached hydrogens (tertiary/aromatic N) is 1. The van der Waals surface area contributed by atoms with Gasteiger partial charge in [-0.3, -0.25) is 9.69 Å². The molecule has 104 valence electrons. The second kappa shape index (κ2) is 5.97. The summed E-state index contributed by atoms with van der Waals surface area (Å²) in [5.41, 5.74) is 7.59. The van der Waals surface area contributed by atoms with Crippen LogP contribution < -0.4 is 20.1 Å². The molecule has 2 rings (SSSR count). The molecule has 0 saturated carbocycles. The van der Waals surface area contributed by atoms with Gasteiger partial charge >= 0.3 is 0 Å². The Bertz CT molecular complexity index is 614. The van der Waals surface area contributed by atoms with Crippen LogP contribution >= 0.6 is 0 Å². The summed E-state index contributed by atoms with van der Waals surface area (Å²) in [7, 11) is 3.12. The summed E-state index contributed by atoms with van der Waals surface area (Å²) in [6.45, 7) is 0. The number of ether oxygens (including phenoxy) is 2. The van der Waals surface area contributed by atoms with Gasteiger partial charge in [-0.25, -0.2) is 0 Å². The predicted octanol–water partition coefficient (Wildman–Crippen LogP) is 2.58. The van der Waals surface area contributed by atoms with Crippen LogP contribution in [0.15, 0.2) is 42.5 Å². The van der Waals surface area contributed by atoms with Gasteiger partial charge < -0.3 is 15.2 Å². The zero-order chi connectivity index (χ0) is 14.5. The van der Waals surface area contributed by atoms with Crippen LogP contribution in [-0.4, -0.2) is 20.6 Å². The molecule has 5 nitrogen and oxygen atoms in total. The van der Waals surface area contributed by atoms with E-state index < -0.39 is 0 Å². The van der Waals surface area contributed by atoms with Gasteiger partial charge in [0.2, 0.25) is 6.41 Å². The lowest BCUT2D eigenvalue weighted by molar-refractivity contribution is -0.106. The molecule has 0 unspecified atom stereocenters. The zero-order valence-electron chi connectivity index (χ0n) is 11.4. The van der Waals surface area contributed by atoms with Gasteiger partial charge in [0.25, 0.3) is 0 Å². The third kappa shape index (κ3) is 2.66. The van der Waals surface area contributed by atoms with Gasteiger partial charge in [0.15, 0.2) is 0 Å². The highest BCUT2D eigenvalue weighted by Gasteiger charge is 2.15. The number of rotatable bonds is 5. The summed E-state index contributed by atoms with van der Waals surface area (Å²) in [4.78, 5) is 12.9. The number of nitrogens with two attached hydrogens (primary N) is 1. The van der Waals surface area contributed by atoms with E-state index in [-0.39, 0.29) is 0 Å². The van der Waals surface area contributed by atoms with Crippen molar-refractivity contribution in [3.63, 3.8) is 0 Å². The first kappa shape index (κ1) is 13.7. The van der Waals surface area contributed by atoms with E-state index in [2.05, 4.69) is 0 Å². The Balaban J connectivity index is 2.53. The third-order valence-corrected chi connectivity index (χ3v) is 2.90. The van der Waals surface area contributed by atoms with Crippen LogP contribution in [0.2, 0.25) is 0 Å². The van der Waals surface area contributed by atoms with Crippen molar-refractivity contribution in [2.75, 3.05) is 24.9 Å². The lowest BCUT2D eigenvalue weighted by Gasteiger charge is -2.21. The fourth-order valence-electron chi connectivity index (χ4n) is 1.92. The van der Waals surface area contributed by atoms with E-state index >= 15 is 0 Å². The molecule has 0 aliphatic carbocycles. The van der Waals surface area contributed by atoms with E-state index in [4.69, 9.17) is 15.2 Å². The maximum absolute atomic E-state index is 11.5. The summed E-state index contributed by atoms with van der Waals surface area (Å²) >= 11 is 0. The van der Waals surface area contributed by atoms with E-state index in [1.807, 2.05) is 0 Å². The molecule has 2 aromatic carbocycles. The average molecular weight is 272 g/mol. The molecular weight excluding hydrogens is 256 g/mol. The minimum atomic E-state index is 0.570. The van der Waals surface area contributed by atoms with Crippen molar-refractivity contribution in [3.8, 4) is 11.5 Å². The average Bonchev–Trinajstić information content (AvgIpc) is 2.48. The summed E-state index contributed by atoms with van der Waals surface area (Å²) in [6, 6.07) is 12.3. The van der Waals surface area contributed by atoms with Crippen LogP contribution in [0.4, 0.5) is 17.1 Å². The number of hydrogen-bond acceptors (Lipinski definition) is 4. The van der Waals surface area contributed by atoms with E-state index in [0.717, 1.165) is 0 Å². The van der Waals surface area contributed by atoms with Crippen LogP contribution in [0.3, 0.4) is 0 Å². The molecule has 1 amide bonds. The Morgan fingerprint density at radius 3 is 2.50 bits per heavy atom. The monoisotopic (exact) mass is 272 g/mol. The van der Waals surface area contributed by atoms with E-state index in [1.54, 1.807) is 56.7 Å². The van der Waals surface area contributed by atoms with Gasteiger partial charge in [0.05, 0.1) is 25.6 Å². The van der Waals surface area contributed by atoms with Crippen molar-refractivity contribution in [1.29, 1.82) is 0 Å². The van der Waals surface area contributed by atoms with Crippen LogP contribution in [0.25, 0.3) is 0 Å². The highest BCUT2D eigenvalue weighted by Crippen LogP contribution is 2.36. The molecule has 5 heteroatoms. The molecule has 0 aliphatic rings. The molecular formula is C15H16N2O3. The lowest BCUT2D eigenvalue weighted by atomic mass is 10.2. The molecule has 2 aromatic rings. The number of amides is 1. The zero-order valence-corrected chi connectivity index (χ0v) is 11.4. The molecule has 0 fully saturated rings. The van der Waals surface area contributed by atoms with Crippen LogP contribution in [0.5, 0.6) is 11.5 Å². The fraction of sp³-hybridized carbons (Fsp3) is 0.133. The SMILES string of the molecule is COc1ccc(OC)c(N(C=O)c2cccc(N)c2)c1. The number of methoxy groups -OCH3 is 2. The minimum absolute atomic E-state index is 0.570. The number of anilines is 3. The molecule has 20 heavy (non-hydrogen) atoms. The van der Waals surface area contributed by atoms with Crippen LogP contribution in [0, 0.1) is 0 Å². The molecule has 0 radical (unpaired) electrons. The van der Waals surface area contributed by atoms with Gasteiger partial charge in [0, 0.05) is 11.8 Å². The molecule has 0 heterocycles. The van der Waals surface area contributed by atoms with Crippen molar-refractivity contribution in [2.45, 2.75) is 0 Å². The largest absolute Gasteiger partial charge is 0.497 e. The highest BCUT2D eigenvalue weighted by molar-refractivity contribution is 5.90. The number of carbonyl (C=O) groups is 1. The quantitative estimate of drug-likeness (QED) is 0.671. The van der Waals surface area contributed by atoms with Crippen molar-refractivity contribution in [3.05, 3.63) is 42.5 Å². The third-order valence-electron chi connectivity index (χ3n) is 2.90. The molecule has 0 bridgehead atoms. The van der Waals surface area contributed by atoms with Gasteiger partial charge in [0.1, 0.15) is 11.5 Å². The maximum Gasteiger partial charge on any atom is 0.218 e. The highest BCUT2D eigenvalue weighted by atomic mass is 16.5. The van der Waals surface area contributed by atoms with Crippen LogP contribution in [-0.2, 0) is 4.79 Å². The first-order chi connectivity index (χ1) is 9.69. The Labute approximate surface area is 117 Å². The Hall–Kier alpha value is -2.69. The predicted molar refractivity (Wildman–Crippen MR) is 78.6 cm³/mol. The smallest absolute Gasteiger partial charge is 0.218 e. The standard InChI is InChI=1S/C15H16N2O3/c1-19-13-6-7-15(20-2)14(9-13)17(10-18)12-5-3-4-11(16)8-12/h3-10H,16H2,1-2H3. The van der Waals surface area contributed by atoms with Crippen LogP contribution in [0.1, 0.15) is 0 Å². The minimum Gasteiger partial charge on any atom is -0.497 e. The first-order valence-electron chi connectivity index (χ1n) is 6.01. The molecule has 0 atom stereocenters. The Morgan fingerprint density at radius 1 is 1.10 bits per heavy atom. The Kier molecular flexibility index (Phi) is 4.10. The van der Waals surface area contributed by atoms with Gasteiger partial charge in [-0.2, -0.15) is 0 Å². The summed E-state index contributed by atoms with van der Waals surface area (Å²) in [5, 5.41) is 0. The van der Waals surface area contributed by atoms with Crippen molar-refractivity contribution in [2.24, 2.45) is 0 Å². The summed E-state index contributed by atoms with van der Waals surface area (Å²) in [6.07, 6.45) is 0.714.